The van der Waals surface area contributed by atoms with Crippen LogP contribution in [0.3, 0.4) is 0 Å². The first kappa shape index (κ1) is 13.1. The minimum absolute atomic E-state index is 0.00506. The van der Waals surface area contributed by atoms with Crippen LogP contribution in [-0.4, -0.2) is 27.8 Å². The van der Waals surface area contributed by atoms with Gasteiger partial charge in [0, 0.05) is 18.6 Å². The van der Waals surface area contributed by atoms with Gasteiger partial charge in [-0.15, -0.1) is 0 Å². The zero-order valence-electron chi connectivity index (χ0n) is 11.0. The number of nitrogens with one attached hydrogen (secondary N) is 1. The first-order valence-corrected chi connectivity index (χ1v) is 6.26. The molecule has 4 N–H and O–H groups in total. The van der Waals surface area contributed by atoms with Crippen molar-refractivity contribution in [2.45, 2.75) is 6.42 Å². The topological polar surface area (TPSA) is 103 Å². The fraction of sp³-hybridized carbons (Fsp3) is 0.133. The molecule has 0 bridgehead atoms. The van der Waals surface area contributed by atoms with E-state index in [1.807, 2.05) is 0 Å². The van der Waals surface area contributed by atoms with Crippen molar-refractivity contribution in [3.8, 4) is 28.7 Å². The molecule has 0 radical (unpaired) electrons. The van der Waals surface area contributed by atoms with E-state index in [0.717, 1.165) is 17.7 Å². The molecule has 3 rings (SSSR count). The maximum Gasteiger partial charge on any atom is 0.231 e. The Bertz CT molecular complexity index is 703. The number of rotatable bonds is 3. The van der Waals surface area contributed by atoms with E-state index in [4.69, 9.17) is 14.9 Å². The third kappa shape index (κ3) is 2.43. The molecule has 0 saturated heterocycles. The van der Waals surface area contributed by atoms with Crippen LogP contribution in [0.2, 0.25) is 0 Å². The average Bonchev–Trinajstić information content (AvgIpc) is 2.84. The fourth-order valence-electron chi connectivity index (χ4n) is 2.25. The molecule has 6 nitrogen and oxygen atoms in total. The van der Waals surface area contributed by atoms with Gasteiger partial charge in [-0.3, -0.25) is 0 Å². The summed E-state index contributed by atoms with van der Waals surface area (Å²) in [5, 5.41) is 36.9. The standard InChI is InChI=1S/C15H13NO5/c16-10(15-11(18)5-9(17)6-12(15)19)3-8-1-2-13-14(4-8)21-7-20-13/h1-2,4-6,16-19H,3,7H2. The first-order valence-electron chi connectivity index (χ1n) is 6.26. The second-order valence-corrected chi connectivity index (χ2v) is 4.70. The Morgan fingerprint density at radius 1 is 1.00 bits per heavy atom. The Labute approximate surface area is 120 Å². The van der Waals surface area contributed by atoms with Crippen molar-refractivity contribution in [3.05, 3.63) is 41.5 Å². The quantitative estimate of drug-likeness (QED) is 0.648. The summed E-state index contributed by atoms with van der Waals surface area (Å²) in [7, 11) is 0. The van der Waals surface area contributed by atoms with Gasteiger partial charge in [-0.1, -0.05) is 6.07 Å². The van der Waals surface area contributed by atoms with Gasteiger partial charge in [0.05, 0.1) is 11.3 Å². The van der Waals surface area contributed by atoms with Crippen LogP contribution >= 0.6 is 0 Å². The van der Waals surface area contributed by atoms with Gasteiger partial charge in [-0.05, 0) is 17.7 Å². The molecule has 0 amide bonds. The molecule has 0 saturated carbocycles. The summed E-state index contributed by atoms with van der Waals surface area (Å²) < 4.78 is 10.5. The molecule has 1 aliphatic heterocycles. The van der Waals surface area contributed by atoms with Crippen molar-refractivity contribution in [2.24, 2.45) is 0 Å². The first-order chi connectivity index (χ1) is 10.0. The molecule has 0 atom stereocenters. The van der Waals surface area contributed by atoms with Gasteiger partial charge >= 0.3 is 0 Å². The van der Waals surface area contributed by atoms with E-state index in [1.165, 1.54) is 0 Å². The van der Waals surface area contributed by atoms with Crippen LogP contribution < -0.4 is 9.47 Å². The molecule has 0 aromatic heterocycles. The zero-order valence-corrected chi connectivity index (χ0v) is 11.0. The van der Waals surface area contributed by atoms with Gasteiger partial charge in [0.15, 0.2) is 11.5 Å². The van der Waals surface area contributed by atoms with E-state index < -0.39 is 0 Å². The van der Waals surface area contributed by atoms with E-state index >= 15 is 0 Å². The third-order valence-corrected chi connectivity index (χ3v) is 3.20. The van der Waals surface area contributed by atoms with E-state index in [9.17, 15) is 15.3 Å². The Kier molecular flexibility index (Phi) is 3.06. The number of aromatic hydroxyl groups is 3. The number of hydrogen-bond donors (Lipinski definition) is 4. The summed E-state index contributed by atoms with van der Waals surface area (Å²) in [6.45, 7) is 0.176. The number of benzene rings is 2. The summed E-state index contributed by atoms with van der Waals surface area (Å²) in [6.07, 6.45) is 0.197. The molecule has 108 valence electrons. The van der Waals surface area contributed by atoms with Crippen LogP contribution in [0.4, 0.5) is 0 Å². The molecule has 2 aromatic rings. The molecule has 1 heterocycles. The van der Waals surface area contributed by atoms with Gasteiger partial charge < -0.3 is 30.2 Å². The van der Waals surface area contributed by atoms with Crippen LogP contribution in [0, 0.1) is 5.41 Å². The molecular weight excluding hydrogens is 274 g/mol. The van der Waals surface area contributed by atoms with Crippen LogP contribution in [0.5, 0.6) is 28.7 Å². The molecular formula is C15H13NO5. The molecule has 2 aromatic carbocycles. The van der Waals surface area contributed by atoms with Crippen molar-refractivity contribution >= 4 is 5.71 Å². The highest BCUT2D eigenvalue weighted by molar-refractivity contribution is 6.04. The van der Waals surface area contributed by atoms with Crippen molar-refractivity contribution in [1.29, 1.82) is 5.41 Å². The van der Waals surface area contributed by atoms with Gasteiger partial charge in [-0.25, -0.2) is 0 Å². The lowest BCUT2D eigenvalue weighted by atomic mass is 10.00. The summed E-state index contributed by atoms with van der Waals surface area (Å²) in [6, 6.07) is 7.47. The smallest absolute Gasteiger partial charge is 0.231 e. The number of phenolic OH excluding ortho intramolecular Hbond substituents is 3. The number of fused-ring (bicyclic) bond motifs is 1. The Morgan fingerprint density at radius 3 is 2.38 bits per heavy atom. The second kappa shape index (κ2) is 4.90. The molecule has 1 aliphatic rings. The van der Waals surface area contributed by atoms with E-state index in [-0.39, 0.29) is 41.7 Å². The minimum atomic E-state index is -0.335. The largest absolute Gasteiger partial charge is 0.508 e. The van der Waals surface area contributed by atoms with Crippen molar-refractivity contribution in [2.75, 3.05) is 6.79 Å². The Hall–Kier alpha value is -2.89. The highest BCUT2D eigenvalue weighted by Crippen LogP contribution is 2.35. The van der Waals surface area contributed by atoms with E-state index in [1.54, 1.807) is 18.2 Å². The molecule has 21 heavy (non-hydrogen) atoms. The normalized spacial score (nSPS) is 12.4. The van der Waals surface area contributed by atoms with Crippen molar-refractivity contribution < 1.29 is 24.8 Å². The Morgan fingerprint density at radius 2 is 1.67 bits per heavy atom. The SMILES string of the molecule is N=C(Cc1ccc2c(c1)OCO2)c1c(O)cc(O)cc1O. The molecule has 0 fully saturated rings. The zero-order chi connectivity index (χ0) is 15.0. The highest BCUT2D eigenvalue weighted by atomic mass is 16.7. The molecule has 0 aliphatic carbocycles. The predicted octanol–water partition coefficient (Wildman–Crippen LogP) is 2.14. The molecule has 0 spiro atoms. The van der Waals surface area contributed by atoms with Crippen LogP contribution in [-0.2, 0) is 6.42 Å². The lowest BCUT2D eigenvalue weighted by Gasteiger charge is -2.10. The summed E-state index contributed by atoms with van der Waals surface area (Å²) in [5.74, 6) is 0.334. The lowest BCUT2D eigenvalue weighted by Crippen LogP contribution is -2.04. The number of ether oxygens (including phenoxy) is 2. The van der Waals surface area contributed by atoms with Crippen molar-refractivity contribution in [3.63, 3.8) is 0 Å². The van der Waals surface area contributed by atoms with Crippen LogP contribution in [0.15, 0.2) is 30.3 Å². The van der Waals surface area contributed by atoms with Gasteiger partial charge in [0.1, 0.15) is 17.2 Å². The summed E-state index contributed by atoms with van der Waals surface area (Å²) in [5.41, 5.74) is 0.824. The number of hydrogen-bond acceptors (Lipinski definition) is 6. The fourth-order valence-corrected chi connectivity index (χ4v) is 2.25. The number of phenols is 3. The summed E-state index contributed by atoms with van der Waals surface area (Å²) >= 11 is 0. The van der Waals surface area contributed by atoms with Gasteiger partial charge in [0.2, 0.25) is 6.79 Å². The Balaban J connectivity index is 1.87. The monoisotopic (exact) mass is 287 g/mol. The van der Waals surface area contributed by atoms with Gasteiger partial charge in [-0.2, -0.15) is 0 Å². The predicted molar refractivity (Wildman–Crippen MR) is 74.5 cm³/mol. The lowest BCUT2D eigenvalue weighted by molar-refractivity contribution is 0.174. The van der Waals surface area contributed by atoms with E-state index in [0.29, 0.717) is 11.5 Å². The van der Waals surface area contributed by atoms with E-state index in [2.05, 4.69) is 0 Å². The molecule has 6 heteroatoms. The second-order valence-electron chi connectivity index (χ2n) is 4.70. The average molecular weight is 287 g/mol. The van der Waals surface area contributed by atoms with Gasteiger partial charge in [0.25, 0.3) is 0 Å². The third-order valence-electron chi connectivity index (χ3n) is 3.20. The van der Waals surface area contributed by atoms with Crippen LogP contribution in [0.25, 0.3) is 0 Å². The van der Waals surface area contributed by atoms with Crippen molar-refractivity contribution in [1.82, 2.24) is 0 Å². The maximum atomic E-state index is 9.77. The maximum absolute atomic E-state index is 9.77. The minimum Gasteiger partial charge on any atom is -0.508 e. The summed E-state index contributed by atoms with van der Waals surface area (Å²) in [4.78, 5) is 0. The molecule has 0 unspecified atom stereocenters. The highest BCUT2D eigenvalue weighted by Gasteiger charge is 2.17. The van der Waals surface area contributed by atoms with Crippen LogP contribution in [0.1, 0.15) is 11.1 Å².